The van der Waals surface area contributed by atoms with Crippen molar-refractivity contribution < 1.29 is 14.3 Å². The summed E-state index contributed by atoms with van der Waals surface area (Å²) in [6.45, 7) is 0.878. The zero-order chi connectivity index (χ0) is 16.4. The van der Waals surface area contributed by atoms with E-state index >= 15 is 0 Å². The molecule has 1 saturated heterocycles. The summed E-state index contributed by atoms with van der Waals surface area (Å²) in [6.07, 6.45) is 0.666. The van der Waals surface area contributed by atoms with Crippen LogP contribution in [0.2, 0.25) is 0 Å². The molecule has 1 N–H and O–H groups in total. The van der Waals surface area contributed by atoms with Crippen LogP contribution in [-0.4, -0.2) is 60.3 Å². The van der Waals surface area contributed by atoms with Crippen LogP contribution in [0.15, 0.2) is 29.1 Å². The van der Waals surface area contributed by atoms with Crippen LogP contribution < -0.4 is 5.56 Å². The van der Waals surface area contributed by atoms with Crippen molar-refractivity contribution in [1.29, 1.82) is 0 Å². The van der Waals surface area contributed by atoms with Crippen LogP contribution in [-0.2, 0) is 9.47 Å². The molecule has 1 aromatic heterocycles. The number of nitrogens with zero attached hydrogens (tertiary/aromatic N) is 2. The SMILES string of the molecule is COC[C@@H]1C[C@H](OC)CN1C(=O)c1nc2ccccc2c(=O)[nH]1. The first-order valence-corrected chi connectivity index (χ1v) is 7.45. The Balaban J connectivity index is 1.94. The molecule has 7 heteroatoms. The maximum atomic E-state index is 12.8. The van der Waals surface area contributed by atoms with Gasteiger partial charge in [-0.05, 0) is 18.6 Å². The highest BCUT2D eigenvalue weighted by Gasteiger charge is 2.36. The fraction of sp³-hybridized carbons (Fsp3) is 0.438. The van der Waals surface area contributed by atoms with Crippen molar-refractivity contribution in [2.75, 3.05) is 27.4 Å². The average Bonchev–Trinajstić information content (AvgIpc) is 2.97. The minimum absolute atomic E-state index is 0.0359. The third kappa shape index (κ3) is 2.97. The Labute approximate surface area is 133 Å². The second-order valence-electron chi connectivity index (χ2n) is 5.59. The van der Waals surface area contributed by atoms with Gasteiger partial charge in [0.1, 0.15) is 0 Å². The maximum absolute atomic E-state index is 12.8. The number of benzene rings is 1. The molecular formula is C16H19N3O4. The first kappa shape index (κ1) is 15.6. The third-order valence-electron chi connectivity index (χ3n) is 4.14. The Hall–Kier alpha value is -2.25. The topological polar surface area (TPSA) is 84.5 Å². The van der Waals surface area contributed by atoms with Crippen LogP contribution >= 0.6 is 0 Å². The van der Waals surface area contributed by atoms with Crippen LogP contribution in [0.1, 0.15) is 17.0 Å². The number of methoxy groups -OCH3 is 2. The second-order valence-corrected chi connectivity index (χ2v) is 5.59. The summed E-state index contributed by atoms with van der Waals surface area (Å²) in [5.74, 6) is -0.263. The molecule has 1 aliphatic heterocycles. The summed E-state index contributed by atoms with van der Waals surface area (Å²) >= 11 is 0. The van der Waals surface area contributed by atoms with Crippen molar-refractivity contribution >= 4 is 16.8 Å². The molecular weight excluding hydrogens is 298 g/mol. The Morgan fingerprint density at radius 3 is 2.91 bits per heavy atom. The maximum Gasteiger partial charge on any atom is 0.290 e. The summed E-state index contributed by atoms with van der Waals surface area (Å²) in [7, 11) is 3.22. The minimum Gasteiger partial charge on any atom is -0.383 e. The number of carbonyl (C=O) groups excluding carboxylic acids is 1. The number of para-hydroxylation sites is 1. The van der Waals surface area contributed by atoms with Gasteiger partial charge in [0.25, 0.3) is 11.5 Å². The largest absolute Gasteiger partial charge is 0.383 e. The van der Waals surface area contributed by atoms with Crippen molar-refractivity contribution in [2.24, 2.45) is 0 Å². The van der Waals surface area contributed by atoms with E-state index < -0.39 is 0 Å². The lowest BCUT2D eigenvalue weighted by Gasteiger charge is -2.23. The number of H-pyrrole nitrogens is 1. The van der Waals surface area contributed by atoms with Crippen molar-refractivity contribution in [2.45, 2.75) is 18.6 Å². The van der Waals surface area contributed by atoms with Crippen molar-refractivity contribution in [3.63, 3.8) is 0 Å². The fourth-order valence-corrected chi connectivity index (χ4v) is 2.97. The molecule has 7 nitrogen and oxygen atoms in total. The first-order chi connectivity index (χ1) is 11.1. The van der Waals surface area contributed by atoms with Gasteiger partial charge in [-0.1, -0.05) is 12.1 Å². The average molecular weight is 317 g/mol. The number of aromatic nitrogens is 2. The van der Waals surface area contributed by atoms with E-state index in [9.17, 15) is 9.59 Å². The molecule has 1 aliphatic rings. The molecule has 1 amide bonds. The number of nitrogens with one attached hydrogen (secondary N) is 1. The monoisotopic (exact) mass is 317 g/mol. The highest BCUT2D eigenvalue weighted by Crippen LogP contribution is 2.22. The number of hydrogen-bond donors (Lipinski definition) is 1. The predicted octanol–water partition coefficient (Wildman–Crippen LogP) is 0.799. The van der Waals surface area contributed by atoms with E-state index in [-0.39, 0.29) is 29.4 Å². The number of amides is 1. The zero-order valence-corrected chi connectivity index (χ0v) is 13.1. The van der Waals surface area contributed by atoms with Gasteiger partial charge in [0.05, 0.1) is 29.7 Å². The molecule has 1 fully saturated rings. The highest BCUT2D eigenvalue weighted by molar-refractivity contribution is 5.93. The minimum atomic E-state index is -0.315. The quantitative estimate of drug-likeness (QED) is 0.901. The molecule has 122 valence electrons. The van der Waals surface area contributed by atoms with Crippen molar-refractivity contribution in [1.82, 2.24) is 14.9 Å². The lowest BCUT2D eigenvalue weighted by Crippen LogP contribution is -2.40. The van der Waals surface area contributed by atoms with Crippen molar-refractivity contribution in [3.05, 3.63) is 40.4 Å². The van der Waals surface area contributed by atoms with E-state index in [1.807, 2.05) is 0 Å². The number of fused-ring (bicyclic) bond motifs is 1. The normalized spacial score (nSPS) is 21.0. The van der Waals surface area contributed by atoms with Gasteiger partial charge < -0.3 is 19.4 Å². The van der Waals surface area contributed by atoms with Gasteiger partial charge >= 0.3 is 0 Å². The molecule has 23 heavy (non-hydrogen) atoms. The summed E-state index contributed by atoms with van der Waals surface area (Å²) in [6, 6.07) is 6.86. The lowest BCUT2D eigenvalue weighted by atomic mass is 10.2. The van der Waals surface area contributed by atoms with E-state index in [0.717, 1.165) is 0 Å². The number of hydrogen-bond acceptors (Lipinski definition) is 5. The molecule has 0 radical (unpaired) electrons. The molecule has 1 aromatic carbocycles. The first-order valence-electron chi connectivity index (χ1n) is 7.45. The van der Waals surface area contributed by atoms with E-state index in [1.165, 1.54) is 0 Å². The Morgan fingerprint density at radius 2 is 2.17 bits per heavy atom. The summed E-state index contributed by atoms with van der Waals surface area (Å²) < 4.78 is 10.5. The smallest absolute Gasteiger partial charge is 0.290 e. The number of rotatable bonds is 4. The molecule has 3 rings (SSSR count). The lowest BCUT2D eigenvalue weighted by molar-refractivity contribution is 0.0600. The number of carbonyl (C=O) groups is 1. The number of ether oxygens (including phenoxy) is 2. The Bertz CT molecular complexity index is 773. The van der Waals surface area contributed by atoms with E-state index in [1.54, 1.807) is 43.4 Å². The standard InChI is InChI=1S/C16H19N3O4/c1-22-9-10-7-11(23-2)8-19(10)16(21)14-17-13-6-4-3-5-12(13)15(20)18-14/h3-6,10-11H,7-9H2,1-2H3,(H,17,18,20)/t10-,11-/m0/s1. The van der Waals surface area contributed by atoms with E-state index in [2.05, 4.69) is 9.97 Å². The van der Waals surface area contributed by atoms with Gasteiger partial charge in [0.15, 0.2) is 5.82 Å². The van der Waals surface area contributed by atoms with Crippen LogP contribution in [0, 0.1) is 0 Å². The molecule has 2 aromatic rings. The molecule has 0 unspecified atom stereocenters. The van der Waals surface area contributed by atoms with Gasteiger partial charge in [0, 0.05) is 20.8 Å². The van der Waals surface area contributed by atoms with Gasteiger partial charge in [-0.15, -0.1) is 0 Å². The zero-order valence-electron chi connectivity index (χ0n) is 13.1. The molecule has 0 bridgehead atoms. The molecule has 0 aliphatic carbocycles. The summed E-state index contributed by atoms with van der Waals surface area (Å²) in [4.78, 5) is 33.4. The van der Waals surface area contributed by atoms with E-state index in [0.29, 0.717) is 30.5 Å². The van der Waals surface area contributed by atoms with Crippen LogP contribution in [0.5, 0.6) is 0 Å². The second kappa shape index (κ2) is 6.47. The molecule has 0 spiro atoms. The van der Waals surface area contributed by atoms with Crippen molar-refractivity contribution in [3.8, 4) is 0 Å². The third-order valence-corrected chi connectivity index (χ3v) is 4.14. The number of aromatic amines is 1. The Kier molecular flexibility index (Phi) is 4.40. The predicted molar refractivity (Wildman–Crippen MR) is 84.5 cm³/mol. The molecule has 2 atom stereocenters. The van der Waals surface area contributed by atoms with Crippen LogP contribution in [0.4, 0.5) is 0 Å². The highest BCUT2D eigenvalue weighted by atomic mass is 16.5. The van der Waals surface area contributed by atoms with Crippen LogP contribution in [0.25, 0.3) is 10.9 Å². The molecule has 0 saturated carbocycles. The van der Waals surface area contributed by atoms with E-state index in [4.69, 9.17) is 9.47 Å². The van der Waals surface area contributed by atoms with Gasteiger partial charge in [-0.25, -0.2) is 4.98 Å². The van der Waals surface area contributed by atoms with Crippen LogP contribution in [0.3, 0.4) is 0 Å². The Morgan fingerprint density at radius 1 is 1.39 bits per heavy atom. The fourth-order valence-electron chi connectivity index (χ4n) is 2.97. The van der Waals surface area contributed by atoms with Gasteiger partial charge in [-0.3, -0.25) is 9.59 Å². The number of likely N-dealkylation sites (tertiary alicyclic amines) is 1. The van der Waals surface area contributed by atoms with Gasteiger partial charge in [-0.2, -0.15) is 0 Å². The van der Waals surface area contributed by atoms with Gasteiger partial charge in [0.2, 0.25) is 0 Å². The molecule has 2 heterocycles. The summed E-state index contributed by atoms with van der Waals surface area (Å²) in [5, 5.41) is 0.466. The summed E-state index contributed by atoms with van der Waals surface area (Å²) in [5.41, 5.74) is 0.190.